The van der Waals surface area contributed by atoms with Crippen LogP contribution >= 0.6 is 0 Å². The van der Waals surface area contributed by atoms with Crippen LogP contribution in [0.15, 0.2) is 0 Å². The Balaban J connectivity index is 0.000000445. The lowest BCUT2D eigenvalue weighted by Gasteiger charge is -2.23. The molecule has 2 fully saturated rings. The summed E-state index contributed by atoms with van der Waals surface area (Å²) in [6.07, 6.45) is -2.86. The lowest BCUT2D eigenvalue weighted by Crippen LogP contribution is -2.47. The topological polar surface area (TPSA) is 137 Å². The average molecular weight is 392 g/mol. The number of alkyl halides is 3. The molecule has 0 unspecified atom stereocenters. The second-order valence-corrected chi connectivity index (χ2v) is 6.82. The van der Waals surface area contributed by atoms with Gasteiger partial charge in [0.15, 0.2) is 0 Å². The predicted octanol–water partition coefficient (Wildman–Crippen LogP) is 0.622. The van der Waals surface area contributed by atoms with E-state index in [0.717, 1.165) is 12.8 Å². The monoisotopic (exact) mass is 392 g/mol. The van der Waals surface area contributed by atoms with E-state index in [1.54, 1.807) is 4.90 Å². The molecule has 1 saturated heterocycles. The maximum atomic E-state index is 12.3. The van der Waals surface area contributed by atoms with Crippen molar-refractivity contribution in [2.75, 3.05) is 6.54 Å². The fourth-order valence-electron chi connectivity index (χ4n) is 2.84. The zero-order chi connectivity index (χ0) is 20.9. The lowest BCUT2D eigenvalue weighted by molar-refractivity contribution is -0.192. The molecule has 1 aliphatic heterocycles. The van der Waals surface area contributed by atoms with Crippen molar-refractivity contribution in [3.05, 3.63) is 0 Å². The smallest absolute Gasteiger partial charge is 0.475 e. The van der Waals surface area contributed by atoms with E-state index < -0.39 is 18.2 Å². The van der Waals surface area contributed by atoms with E-state index >= 15 is 0 Å². The Labute approximate surface area is 154 Å². The standard InChI is InChI=1S/C14H22N4O2.C2HF3O2/c1-8(2)17-13(19)11-6-10(11)12(16)14(20)18-5-3-4-9(18)7-15;3-2(4,5)1(6)7/h8-12H,3-6,16H2,1-2H3,(H,17,19);(H,6,7)/t9-,10-,11+,12+;/m0./s1. The van der Waals surface area contributed by atoms with Gasteiger partial charge in [0.05, 0.1) is 12.1 Å². The third kappa shape index (κ3) is 6.39. The Morgan fingerprint density at radius 3 is 2.33 bits per heavy atom. The number of rotatable bonds is 4. The molecule has 2 amide bonds. The van der Waals surface area contributed by atoms with Crippen LogP contribution in [0.3, 0.4) is 0 Å². The summed E-state index contributed by atoms with van der Waals surface area (Å²) in [6, 6.07) is 1.22. The molecule has 4 atom stereocenters. The summed E-state index contributed by atoms with van der Waals surface area (Å²) in [5, 5.41) is 19.0. The largest absolute Gasteiger partial charge is 0.490 e. The molecule has 4 N–H and O–H groups in total. The highest BCUT2D eigenvalue weighted by Crippen LogP contribution is 2.41. The number of aliphatic carboxylic acids is 1. The van der Waals surface area contributed by atoms with Gasteiger partial charge in [0.2, 0.25) is 11.8 Å². The van der Waals surface area contributed by atoms with Crippen molar-refractivity contribution in [1.82, 2.24) is 10.2 Å². The Morgan fingerprint density at radius 2 is 1.89 bits per heavy atom. The summed E-state index contributed by atoms with van der Waals surface area (Å²) < 4.78 is 31.7. The molecule has 0 aromatic rings. The number of carbonyl (C=O) groups excluding carboxylic acids is 2. The number of carboxylic acid groups (broad SMARTS) is 1. The average Bonchev–Trinajstić information content (AvgIpc) is 3.22. The third-order valence-electron chi connectivity index (χ3n) is 4.28. The Kier molecular flexibility index (Phi) is 7.59. The Hall–Kier alpha value is -2.35. The number of carbonyl (C=O) groups is 3. The zero-order valence-electron chi connectivity index (χ0n) is 15.0. The molecule has 0 bridgehead atoms. The van der Waals surface area contributed by atoms with Crippen LogP contribution in [0.1, 0.15) is 33.1 Å². The van der Waals surface area contributed by atoms with E-state index in [4.69, 9.17) is 20.9 Å². The number of amides is 2. The second-order valence-electron chi connectivity index (χ2n) is 6.82. The minimum Gasteiger partial charge on any atom is -0.475 e. The fourth-order valence-corrected chi connectivity index (χ4v) is 2.84. The molecule has 8 nitrogen and oxygen atoms in total. The summed E-state index contributed by atoms with van der Waals surface area (Å²) in [5.74, 6) is -3.20. The van der Waals surface area contributed by atoms with E-state index in [1.165, 1.54) is 0 Å². The maximum Gasteiger partial charge on any atom is 0.490 e. The first-order valence-electron chi connectivity index (χ1n) is 8.46. The molecule has 0 aromatic carbocycles. The molecule has 1 heterocycles. The van der Waals surface area contributed by atoms with Crippen LogP contribution in [-0.2, 0) is 14.4 Å². The van der Waals surface area contributed by atoms with Crippen LogP contribution in [0.25, 0.3) is 0 Å². The van der Waals surface area contributed by atoms with Gasteiger partial charge >= 0.3 is 12.1 Å². The van der Waals surface area contributed by atoms with Gasteiger partial charge in [-0.1, -0.05) is 0 Å². The SMILES string of the molecule is CC(C)NC(=O)[C@@H]1C[C@@H]1[C@@H](N)C(=O)N1CCC[C@H]1C#N.O=C(O)C(F)(F)F. The van der Waals surface area contributed by atoms with Crippen LogP contribution in [0.5, 0.6) is 0 Å². The number of nitrogens with zero attached hydrogens (tertiary/aromatic N) is 2. The Morgan fingerprint density at radius 1 is 1.33 bits per heavy atom. The van der Waals surface area contributed by atoms with E-state index in [-0.39, 0.29) is 35.7 Å². The van der Waals surface area contributed by atoms with Crippen molar-refractivity contribution in [2.24, 2.45) is 17.6 Å². The molecule has 1 aliphatic carbocycles. The van der Waals surface area contributed by atoms with Gasteiger partial charge in [-0.25, -0.2) is 4.79 Å². The number of nitrogens with two attached hydrogens (primary N) is 1. The molecular formula is C16H23F3N4O4. The van der Waals surface area contributed by atoms with Crippen molar-refractivity contribution in [3.8, 4) is 6.07 Å². The highest BCUT2D eigenvalue weighted by Gasteiger charge is 2.50. The molecule has 152 valence electrons. The van der Waals surface area contributed by atoms with E-state index in [0.29, 0.717) is 13.0 Å². The van der Waals surface area contributed by atoms with Gasteiger partial charge in [-0.2, -0.15) is 18.4 Å². The van der Waals surface area contributed by atoms with Gasteiger partial charge in [-0.3, -0.25) is 9.59 Å². The molecular weight excluding hydrogens is 369 g/mol. The maximum absolute atomic E-state index is 12.3. The molecule has 1 saturated carbocycles. The van der Waals surface area contributed by atoms with Gasteiger partial charge in [0.1, 0.15) is 6.04 Å². The molecule has 2 rings (SSSR count). The number of nitriles is 1. The Bertz CT molecular complexity index is 618. The number of halogens is 3. The molecule has 0 aromatic heterocycles. The van der Waals surface area contributed by atoms with Crippen molar-refractivity contribution in [3.63, 3.8) is 0 Å². The first-order valence-corrected chi connectivity index (χ1v) is 8.46. The first kappa shape index (κ1) is 22.7. The van der Waals surface area contributed by atoms with Crippen molar-refractivity contribution in [1.29, 1.82) is 5.26 Å². The van der Waals surface area contributed by atoms with Gasteiger partial charge < -0.3 is 21.1 Å². The quantitative estimate of drug-likeness (QED) is 0.642. The minimum atomic E-state index is -5.08. The molecule has 2 aliphatic rings. The lowest BCUT2D eigenvalue weighted by atomic mass is 10.1. The number of hydrogen-bond acceptors (Lipinski definition) is 5. The second kappa shape index (κ2) is 9.03. The van der Waals surface area contributed by atoms with Gasteiger partial charge in [0.25, 0.3) is 0 Å². The van der Waals surface area contributed by atoms with Gasteiger partial charge in [-0.05, 0) is 39.0 Å². The van der Waals surface area contributed by atoms with Crippen LogP contribution in [-0.4, -0.2) is 58.6 Å². The highest BCUT2D eigenvalue weighted by molar-refractivity contribution is 5.87. The summed E-state index contributed by atoms with van der Waals surface area (Å²) in [5.41, 5.74) is 6.00. The van der Waals surface area contributed by atoms with Crippen LogP contribution < -0.4 is 11.1 Å². The van der Waals surface area contributed by atoms with Crippen molar-refractivity contribution >= 4 is 17.8 Å². The minimum absolute atomic E-state index is 0.0218. The highest BCUT2D eigenvalue weighted by atomic mass is 19.4. The predicted molar refractivity (Wildman–Crippen MR) is 86.9 cm³/mol. The molecule has 27 heavy (non-hydrogen) atoms. The van der Waals surface area contributed by atoms with E-state index in [9.17, 15) is 22.8 Å². The number of nitrogens with one attached hydrogen (secondary N) is 1. The summed E-state index contributed by atoms with van der Waals surface area (Å²) in [6.45, 7) is 4.41. The van der Waals surface area contributed by atoms with Crippen molar-refractivity contribution < 1.29 is 32.7 Å². The van der Waals surface area contributed by atoms with Gasteiger partial charge in [0, 0.05) is 18.5 Å². The third-order valence-corrected chi connectivity index (χ3v) is 4.28. The summed E-state index contributed by atoms with van der Waals surface area (Å²) >= 11 is 0. The summed E-state index contributed by atoms with van der Waals surface area (Å²) in [7, 11) is 0. The van der Waals surface area contributed by atoms with E-state index in [1.807, 2.05) is 13.8 Å². The molecule has 11 heteroatoms. The zero-order valence-corrected chi connectivity index (χ0v) is 15.0. The van der Waals surface area contributed by atoms with Crippen LogP contribution in [0.2, 0.25) is 0 Å². The fraction of sp³-hybridized carbons (Fsp3) is 0.750. The first-order chi connectivity index (χ1) is 12.4. The number of likely N-dealkylation sites (tertiary alicyclic amines) is 1. The molecule has 0 spiro atoms. The normalized spacial score (nSPS) is 25.1. The molecule has 0 radical (unpaired) electrons. The van der Waals surface area contributed by atoms with Crippen LogP contribution in [0.4, 0.5) is 13.2 Å². The number of carboxylic acids is 1. The van der Waals surface area contributed by atoms with Crippen molar-refractivity contribution in [2.45, 2.75) is 57.4 Å². The van der Waals surface area contributed by atoms with Gasteiger partial charge in [-0.15, -0.1) is 0 Å². The van der Waals surface area contributed by atoms with Crippen LogP contribution in [0, 0.1) is 23.2 Å². The number of hydrogen-bond donors (Lipinski definition) is 3. The van der Waals surface area contributed by atoms with E-state index in [2.05, 4.69) is 11.4 Å². The summed E-state index contributed by atoms with van der Waals surface area (Å²) in [4.78, 5) is 34.6.